The lowest BCUT2D eigenvalue weighted by Gasteiger charge is -2.10. The molecule has 0 aromatic heterocycles. The van der Waals surface area contributed by atoms with Gasteiger partial charge in [-0.2, -0.15) is 5.10 Å². The van der Waals surface area contributed by atoms with E-state index in [-0.39, 0.29) is 10.8 Å². The molecule has 1 amide bonds. The maximum Gasteiger partial charge on any atom is 0.271 e. The monoisotopic (exact) mass is 429 g/mol. The molecule has 8 heteroatoms. The minimum atomic E-state index is -3.73. The summed E-state index contributed by atoms with van der Waals surface area (Å²) >= 11 is 0. The van der Waals surface area contributed by atoms with E-state index in [2.05, 4.69) is 15.2 Å². The standard InChI is InChI=1S/C22H27N3O4S/c1-2-29-20-13-15-21(16-14-20)30(27,28)25-19-11-9-17(10-12-19)22(26)24-23-18-7-5-3-4-6-8-18/h9-16,25H,2-8H2,1H3,(H,24,26). The molecule has 0 spiro atoms. The Morgan fingerprint density at radius 1 is 0.967 bits per heavy atom. The Bertz CT molecular complexity index is 974. The van der Waals surface area contributed by atoms with Crippen LogP contribution >= 0.6 is 0 Å². The third-order valence-electron chi connectivity index (χ3n) is 4.84. The predicted octanol–water partition coefficient (Wildman–Crippen LogP) is 4.33. The van der Waals surface area contributed by atoms with Gasteiger partial charge >= 0.3 is 0 Å². The van der Waals surface area contributed by atoms with Crippen molar-refractivity contribution in [3.63, 3.8) is 0 Å². The first-order valence-electron chi connectivity index (χ1n) is 10.2. The third-order valence-corrected chi connectivity index (χ3v) is 6.24. The molecule has 30 heavy (non-hydrogen) atoms. The van der Waals surface area contributed by atoms with E-state index in [0.717, 1.165) is 31.4 Å². The van der Waals surface area contributed by atoms with Crippen molar-refractivity contribution in [1.29, 1.82) is 0 Å². The molecule has 1 fully saturated rings. The summed E-state index contributed by atoms with van der Waals surface area (Å²) in [5, 5.41) is 4.26. The highest BCUT2D eigenvalue weighted by Crippen LogP contribution is 2.20. The zero-order chi connectivity index (χ0) is 21.4. The topological polar surface area (TPSA) is 96.9 Å². The summed E-state index contributed by atoms with van der Waals surface area (Å²) in [5.74, 6) is 0.298. The number of hydrogen-bond acceptors (Lipinski definition) is 5. The first kappa shape index (κ1) is 21.8. The molecule has 0 aliphatic heterocycles. The number of anilines is 1. The highest BCUT2D eigenvalue weighted by molar-refractivity contribution is 7.92. The maximum absolute atomic E-state index is 12.5. The Labute approximate surface area is 177 Å². The lowest BCUT2D eigenvalue weighted by atomic mass is 10.2. The first-order valence-corrected chi connectivity index (χ1v) is 11.7. The highest BCUT2D eigenvalue weighted by Gasteiger charge is 2.15. The van der Waals surface area contributed by atoms with Crippen LogP contribution in [0.25, 0.3) is 0 Å². The summed E-state index contributed by atoms with van der Waals surface area (Å²) < 4.78 is 32.9. The van der Waals surface area contributed by atoms with Gasteiger partial charge in [0.1, 0.15) is 5.75 Å². The summed E-state index contributed by atoms with van der Waals surface area (Å²) in [5.41, 5.74) is 4.42. The smallest absolute Gasteiger partial charge is 0.271 e. The largest absolute Gasteiger partial charge is 0.494 e. The second kappa shape index (κ2) is 10.2. The van der Waals surface area contributed by atoms with Crippen molar-refractivity contribution in [2.75, 3.05) is 11.3 Å². The van der Waals surface area contributed by atoms with Gasteiger partial charge in [0.15, 0.2) is 0 Å². The average molecular weight is 430 g/mol. The molecule has 160 valence electrons. The minimum absolute atomic E-state index is 0.131. The fourth-order valence-electron chi connectivity index (χ4n) is 3.23. The van der Waals surface area contributed by atoms with Crippen molar-refractivity contribution < 1.29 is 17.9 Å². The van der Waals surface area contributed by atoms with Crippen molar-refractivity contribution in [3.05, 3.63) is 54.1 Å². The molecule has 2 N–H and O–H groups in total. The number of benzene rings is 2. The third kappa shape index (κ3) is 6.06. The van der Waals surface area contributed by atoms with Gasteiger partial charge in [0.25, 0.3) is 15.9 Å². The molecule has 1 aliphatic carbocycles. The molecule has 0 saturated heterocycles. The second-order valence-corrected chi connectivity index (χ2v) is 8.80. The van der Waals surface area contributed by atoms with Crippen molar-refractivity contribution in [2.45, 2.75) is 50.3 Å². The maximum atomic E-state index is 12.5. The van der Waals surface area contributed by atoms with E-state index in [1.165, 1.54) is 25.0 Å². The van der Waals surface area contributed by atoms with E-state index in [9.17, 15) is 13.2 Å². The van der Waals surface area contributed by atoms with E-state index in [1.807, 2.05) is 6.92 Å². The normalized spacial score (nSPS) is 14.5. The van der Waals surface area contributed by atoms with Crippen molar-refractivity contribution in [2.24, 2.45) is 5.10 Å². The molecular formula is C22H27N3O4S. The average Bonchev–Trinajstić information content (AvgIpc) is 3.02. The number of sulfonamides is 1. The number of hydrazone groups is 1. The van der Waals surface area contributed by atoms with Crippen LogP contribution in [0.15, 0.2) is 58.5 Å². The number of carbonyl (C=O) groups is 1. The van der Waals surface area contributed by atoms with Crippen LogP contribution < -0.4 is 14.9 Å². The van der Waals surface area contributed by atoms with Gasteiger partial charge in [-0.15, -0.1) is 0 Å². The highest BCUT2D eigenvalue weighted by atomic mass is 32.2. The van der Waals surface area contributed by atoms with Crippen LogP contribution in [0.1, 0.15) is 55.8 Å². The van der Waals surface area contributed by atoms with E-state index in [1.54, 1.807) is 36.4 Å². The minimum Gasteiger partial charge on any atom is -0.494 e. The molecular weight excluding hydrogens is 402 g/mol. The van der Waals surface area contributed by atoms with E-state index >= 15 is 0 Å². The fraction of sp³-hybridized carbons (Fsp3) is 0.364. The zero-order valence-electron chi connectivity index (χ0n) is 17.1. The Hall–Kier alpha value is -2.87. The van der Waals surface area contributed by atoms with Gasteiger partial charge in [0.05, 0.1) is 11.5 Å². The lowest BCUT2D eigenvalue weighted by molar-refractivity contribution is 0.0954. The van der Waals surface area contributed by atoms with Gasteiger partial charge in [-0.3, -0.25) is 9.52 Å². The number of nitrogens with zero attached hydrogens (tertiary/aromatic N) is 1. The van der Waals surface area contributed by atoms with Crippen molar-refractivity contribution in [1.82, 2.24) is 5.43 Å². The van der Waals surface area contributed by atoms with Gasteiger partial charge in [0, 0.05) is 17.0 Å². The van der Waals surface area contributed by atoms with Crippen LogP contribution in [0, 0.1) is 0 Å². The SMILES string of the molecule is CCOc1ccc(S(=O)(=O)Nc2ccc(C(=O)NN=C3CCCCCC3)cc2)cc1. The molecule has 0 unspecified atom stereocenters. The first-order chi connectivity index (χ1) is 14.5. The van der Waals surface area contributed by atoms with Gasteiger partial charge in [-0.05, 0) is 81.1 Å². The summed E-state index contributed by atoms with van der Waals surface area (Å²) in [6, 6.07) is 12.4. The molecule has 1 saturated carbocycles. The van der Waals surface area contributed by atoms with Crippen LogP contribution in [0.3, 0.4) is 0 Å². The van der Waals surface area contributed by atoms with Crippen molar-refractivity contribution >= 4 is 27.3 Å². The molecule has 3 rings (SSSR count). The van der Waals surface area contributed by atoms with Crippen LogP contribution in [-0.2, 0) is 10.0 Å². The van der Waals surface area contributed by atoms with Gasteiger partial charge < -0.3 is 4.74 Å². The predicted molar refractivity (Wildman–Crippen MR) is 117 cm³/mol. The van der Waals surface area contributed by atoms with E-state index in [0.29, 0.717) is 23.6 Å². The Morgan fingerprint density at radius 2 is 1.60 bits per heavy atom. The summed E-state index contributed by atoms with van der Waals surface area (Å²) in [6.07, 6.45) is 6.48. The summed E-state index contributed by atoms with van der Waals surface area (Å²) in [4.78, 5) is 12.4. The van der Waals surface area contributed by atoms with Crippen LogP contribution in [0.4, 0.5) is 5.69 Å². The molecule has 2 aromatic rings. The summed E-state index contributed by atoms with van der Waals surface area (Å²) in [7, 11) is -3.73. The van der Waals surface area contributed by atoms with Gasteiger partial charge in [0.2, 0.25) is 0 Å². The molecule has 2 aromatic carbocycles. The van der Waals surface area contributed by atoms with Crippen molar-refractivity contribution in [3.8, 4) is 5.75 Å². The molecule has 0 bridgehead atoms. The zero-order valence-corrected chi connectivity index (χ0v) is 17.9. The molecule has 1 aliphatic rings. The molecule has 0 atom stereocenters. The van der Waals surface area contributed by atoms with Crippen LogP contribution in [-0.4, -0.2) is 26.6 Å². The lowest BCUT2D eigenvalue weighted by Crippen LogP contribution is -2.19. The molecule has 0 heterocycles. The van der Waals surface area contributed by atoms with Gasteiger partial charge in [-0.1, -0.05) is 12.8 Å². The molecule has 7 nitrogen and oxygen atoms in total. The van der Waals surface area contributed by atoms with E-state index in [4.69, 9.17) is 4.74 Å². The number of nitrogens with one attached hydrogen (secondary N) is 2. The van der Waals surface area contributed by atoms with Crippen LogP contribution in [0.2, 0.25) is 0 Å². The number of amides is 1. The fourth-order valence-corrected chi connectivity index (χ4v) is 4.29. The van der Waals surface area contributed by atoms with Crippen LogP contribution in [0.5, 0.6) is 5.75 Å². The number of carbonyl (C=O) groups excluding carboxylic acids is 1. The number of hydrogen-bond donors (Lipinski definition) is 2. The second-order valence-electron chi connectivity index (χ2n) is 7.12. The Kier molecular flexibility index (Phi) is 7.46. The Balaban J connectivity index is 1.61. The number of ether oxygens (including phenoxy) is 1. The quantitative estimate of drug-likeness (QED) is 0.506. The summed E-state index contributed by atoms with van der Waals surface area (Å²) in [6.45, 7) is 2.37. The van der Waals surface area contributed by atoms with Gasteiger partial charge in [-0.25, -0.2) is 13.8 Å². The Morgan fingerprint density at radius 3 is 2.20 bits per heavy atom. The molecule has 0 radical (unpaired) electrons. The number of rotatable bonds is 7. The van der Waals surface area contributed by atoms with E-state index < -0.39 is 10.0 Å².